The standard InChI is InChI=1S/C9H21NO2Si/c1-6-8-9(11)12-10(7-2)13(3,4)5/h6-8H2,1-5H3. The van der Waals surface area contributed by atoms with Crippen LogP contribution >= 0.6 is 0 Å². The van der Waals surface area contributed by atoms with E-state index in [9.17, 15) is 4.79 Å². The Morgan fingerprint density at radius 1 is 1.31 bits per heavy atom. The van der Waals surface area contributed by atoms with E-state index in [4.69, 9.17) is 4.84 Å². The fourth-order valence-corrected chi connectivity index (χ4v) is 2.37. The number of nitrogens with zero attached hydrogens (tertiary/aromatic N) is 1. The normalized spacial score (nSPS) is 11.8. The predicted octanol–water partition coefficient (Wildman–Crippen LogP) is 2.40. The molecule has 0 aromatic carbocycles. The molecule has 0 aliphatic rings. The van der Waals surface area contributed by atoms with Crippen LogP contribution in [0.3, 0.4) is 0 Å². The Hall–Kier alpha value is -0.353. The van der Waals surface area contributed by atoms with Crippen molar-refractivity contribution in [3.05, 3.63) is 0 Å². The van der Waals surface area contributed by atoms with Crippen molar-refractivity contribution in [1.82, 2.24) is 4.73 Å². The summed E-state index contributed by atoms with van der Waals surface area (Å²) in [6.45, 7) is 11.3. The first-order valence-corrected chi connectivity index (χ1v) is 8.35. The first-order valence-electron chi connectivity index (χ1n) is 4.90. The van der Waals surface area contributed by atoms with Crippen molar-refractivity contribution >= 4 is 14.2 Å². The molecule has 0 atom stereocenters. The van der Waals surface area contributed by atoms with Gasteiger partial charge in [-0.05, 0) is 13.3 Å². The van der Waals surface area contributed by atoms with Gasteiger partial charge in [0.1, 0.15) is 0 Å². The van der Waals surface area contributed by atoms with Gasteiger partial charge in [0, 0.05) is 13.0 Å². The SMILES string of the molecule is CCCC(=O)ON(CC)[Si](C)(C)C. The van der Waals surface area contributed by atoms with Gasteiger partial charge in [0.25, 0.3) is 0 Å². The largest absolute Gasteiger partial charge is 0.375 e. The van der Waals surface area contributed by atoms with Crippen molar-refractivity contribution < 1.29 is 9.63 Å². The van der Waals surface area contributed by atoms with Crippen LogP contribution in [-0.2, 0) is 9.63 Å². The average Bonchev–Trinajstić information content (AvgIpc) is 1.98. The summed E-state index contributed by atoms with van der Waals surface area (Å²) in [6, 6.07) is 0. The topological polar surface area (TPSA) is 29.5 Å². The smallest absolute Gasteiger partial charge is 0.324 e. The molecule has 0 heterocycles. The summed E-state index contributed by atoms with van der Waals surface area (Å²) in [6.07, 6.45) is 1.36. The van der Waals surface area contributed by atoms with Crippen molar-refractivity contribution in [2.75, 3.05) is 6.54 Å². The molecular formula is C9H21NO2Si. The summed E-state index contributed by atoms with van der Waals surface area (Å²) in [5, 5.41) is 0. The lowest BCUT2D eigenvalue weighted by molar-refractivity contribution is -0.171. The molecule has 0 saturated carbocycles. The van der Waals surface area contributed by atoms with Crippen molar-refractivity contribution in [1.29, 1.82) is 0 Å². The van der Waals surface area contributed by atoms with E-state index < -0.39 is 8.24 Å². The number of carbonyl (C=O) groups is 1. The number of hydroxylamine groups is 1. The summed E-state index contributed by atoms with van der Waals surface area (Å²) >= 11 is 0. The van der Waals surface area contributed by atoms with Crippen LogP contribution < -0.4 is 0 Å². The zero-order chi connectivity index (χ0) is 10.5. The molecule has 0 saturated heterocycles. The van der Waals surface area contributed by atoms with Crippen LogP contribution in [0.2, 0.25) is 19.6 Å². The minimum absolute atomic E-state index is 0.105. The van der Waals surface area contributed by atoms with Crippen LogP contribution in [0.25, 0.3) is 0 Å². The van der Waals surface area contributed by atoms with Crippen LogP contribution in [0.4, 0.5) is 0 Å². The van der Waals surface area contributed by atoms with E-state index in [2.05, 4.69) is 19.6 Å². The van der Waals surface area contributed by atoms with E-state index in [0.29, 0.717) is 6.42 Å². The molecule has 0 unspecified atom stereocenters. The number of hydrogen-bond donors (Lipinski definition) is 0. The van der Waals surface area contributed by atoms with Gasteiger partial charge in [-0.15, -0.1) is 0 Å². The van der Waals surface area contributed by atoms with Crippen LogP contribution in [0.5, 0.6) is 0 Å². The van der Waals surface area contributed by atoms with Crippen molar-refractivity contribution in [2.24, 2.45) is 0 Å². The molecule has 0 bridgehead atoms. The minimum Gasteiger partial charge on any atom is -0.375 e. The highest BCUT2D eigenvalue weighted by atomic mass is 28.3. The van der Waals surface area contributed by atoms with Crippen molar-refractivity contribution in [3.63, 3.8) is 0 Å². The summed E-state index contributed by atoms with van der Waals surface area (Å²) in [4.78, 5) is 16.5. The van der Waals surface area contributed by atoms with Crippen molar-refractivity contribution in [2.45, 2.75) is 46.3 Å². The van der Waals surface area contributed by atoms with E-state index in [-0.39, 0.29) is 5.97 Å². The maximum atomic E-state index is 11.2. The van der Waals surface area contributed by atoms with E-state index in [0.717, 1.165) is 13.0 Å². The van der Waals surface area contributed by atoms with Crippen LogP contribution in [0.15, 0.2) is 0 Å². The number of rotatable bonds is 5. The molecule has 0 aromatic heterocycles. The quantitative estimate of drug-likeness (QED) is 0.507. The Kier molecular flexibility index (Phi) is 5.25. The molecule has 4 heteroatoms. The first kappa shape index (κ1) is 12.6. The van der Waals surface area contributed by atoms with E-state index in [1.807, 2.05) is 18.6 Å². The number of carbonyl (C=O) groups excluding carboxylic acids is 1. The molecule has 0 spiro atoms. The van der Waals surface area contributed by atoms with Gasteiger partial charge in [-0.25, -0.2) is 0 Å². The van der Waals surface area contributed by atoms with Crippen LogP contribution in [-0.4, -0.2) is 25.5 Å². The first-order chi connectivity index (χ1) is 5.91. The maximum absolute atomic E-state index is 11.2. The summed E-state index contributed by atoms with van der Waals surface area (Å²) in [7, 11) is -1.49. The molecule has 0 N–H and O–H groups in total. The molecule has 0 fully saturated rings. The molecule has 13 heavy (non-hydrogen) atoms. The summed E-state index contributed by atoms with van der Waals surface area (Å²) in [5.74, 6) is -0.105. The number of hydrogen-bond acceptors (Lipinski definition) is 3. The second kappa shape index (κ2) is 5.39. The Balaban J connectivity index is 4.06. The fraction of sp³-hybridized carbons (Fsp3) is 0.889. The lowest BCUT2D eigenvalue weighted by Gasteiger charge is -2.30. The Labute approximate surface area is 82.1 Å². The third kappa shape index (κ3) is 5.05. The highest BCUT2D eigenvalue weighted by molar-refractivity contribution is 6.73. The molecule has 78 valence electrons. The van der Waals surface area contributed by atoms with Crippen molar-refractivity contribution in [3.8, 4) is 0 Å². The van der Waals surface area contributed by atoms with Gasteiger partial charge in [-0.1, -0.05) is 26.6 Å². The van der Waals surface area contributed by atoms with Gasteiger partial charge in [0.2, 0.25) is 0 Å². The molecule has 0 aliphatic carbocycles. The van der Waals surface area contributed by atoms with Crippen LogP contribution in [0, 0.1) is 0 Å². The predicted molar refractivity (Wildman–Crippen MR) is 56.7 cm³/mol. The molecular weight excluding hydrogens is 182 g/mol. The summed E-state index contributed by atoms with van der Waals surface area (Å²) < 4.78 is 1.85. The third-order valence-corrected chi connectivity index (χ3v) is 3.61. The van der Waals surface area contributed by atoms with Gasteiger partial charge < -0.3 is 4.84 Å². The van der Waals surface area contributed by atoms with Gasteiger partial charge in [-0.2, -0.15) is 4.73 Å². The zero-order valence-corrected chi connectivity index (χ0v) is 10.4. The molecule has 0 radical (unpaired) electrons. The molecule has 0 aromatic rings. The van der Waals surface area contributed by atoms with Crippen LogP contribution in [0.1, 0.15) is 26.7 Å². The Morgan fingerprint density at radius 2 is 1.85 bits per heavy atom. The Morgan fingerprint density at radius 3 is 2.15 bits per heavy atom. The monoisotopic (exact) mass is 203 g/mol. The third-order valence-electron chi connectivity index (χ3n) is 1.70. The minimum atomic E-state index is -1.49. The lowest BCUT2D eigenvalue weighted by Crippen LogP contribution is -2.46. The van der Waals surface area contributed by atoms with Gasteiger partial charge in [0.15, 0.2) is 8.24 Å². The average molecular weight is 203 g/mol. The maximum Gasteiger partial charge on any atom is 0.324 e. The zero-order valence-electron chi connectivity index (χ0n) is 9.39. The highest BCUT2D eigenvalue weighted by Crippen LogP contribution is 2.10. The fourth-order valence-electron chi connectivity index (χ4n) is 1.05. The van der Waals surface area contributed by atoms with E-state index in [1.54, 1.807) is 0 Å². The molecule has 0 amide bonds. The second-order valence-corrected chi connectivity index (χ2v) is 8.92. The highest BCUT2D eigenvalue weighted by Gasteiger charge is 2.25. The van der Waals surface area contributed by atoms with Gasteiger partial charge in [-0.3, -0.25) is 4.79 Å². The lowest BCUT2D eigenvalue weighted by atomic mass is 10.3. The molecule has 3 nitrogen and oxygen atoms in total. The van der Waals surface area contributed by atoms with Gasteiger partial charge in [0.05, 0.1) is 0 Å². The Bertz CT molecular complexity index is 165. The second-order valence-electron chi connectivity index (χ2n) is 4.08. The molecule has 0 rings (SSSR count). The van der Waals surface area contributed by atoms with Gasteiger partial charge >= 0.3 is 5.97 Å². The van der Waals surface area contributed by atoms with E-state index >= 15 is 0 Å². The molecule has 0 aliphatic heterocycles. The summed E-state index contributed by atoms with van der Waals surface area (Å²) in [5.41, 5.74) is 0. The van der Waals surface area contributed by atoms with E-state index in [1.165, 1.54) is 0 Å².